The molecule has 3 aromatic rings. The van der Waals surface area contributed by atoms with E-state index in [1.807, 2.05) is 24.3 Å². The van der Waals surface area contributed by atoms with Crippen LogP contribution in [0.25, 0.3) is 11.6 Å². The number of carboxylic acid groups (broad SMARTS) is 1. The monoisotopic (exact) mass is 398 g/mol. The Labute approximate surface area is 167 Å². The number of carbonyl (C=O) groups is 1. The number of aliphatic carboxylic acids is 1. The van der Waals surface area contributed by atoms with Gasteiger partial charge in [0.25, 0.3) is 0 Å². The minimum absolute atomic E-state index is 0.153. The maximum Gasteiger partial charge on any atom is 0.336 e. The molecule has 0 amide bonds. The normalized spacial score (nSPS) is 11.3. The van der Waals surface area contributed by atoms with E-state index in [1.165, 1.54) is 0 Å². The Hall–Kier alpha value is -2.75. The first-order valence-corrected chi connectivity index (χ1v) is 8.96. The fraction of sp³-hybridized carbons (Fsp3) is 0.0455. The summed E-state index contributed by atoms with van der Waals surface area (Å²) in [5, 5.41) is 10.7. The Morgan fingerprint density at radius 3 is 2.37 bits per heavy atom. The zero-order valence-corrected chi connectivity index (χ0v) is 15.7. The van der Waals surface area contributed by atoms with E-state index >= 15 is 0 Å². The van der Waals surface area contributed by atoms with E-state index in [0.717, 1.165) is 5.56 Å². The Bertz CT molecular complexity index is 982. The van der Waals surface area contributed by atoms with Crippen LogP contribution in [0.1, 0.15) is 16.7 Å². The highest BCUT2D eigenvalue weighted by Crippen LogP contribution is 2.29. The molecule has 0 bridgehead atoms. The summed E-state index contributed by atoms with van der Waals surface area (Å²) in [5.74, 6) is -0.507. The first kappa shape index (κ1) is 19.0. The summed E-state index contributed by atoms with van der Waals surface area (Å²) >= 11 is 12.3. The number of hydrogen-bond acceptors (Lipinski definition) is 2. The standard InChI is InChI=1S/C22H16Cl2O3/c23-18-10-11-21(27-14-16-8-4-5-9-20(16)24)17(12-18)13-19(22(25)26)15-6-2-1-3-7-15/h1-13H,14H2,(H,25,26)/b19-13-. The maximum absolute atomic E-state index is 11.8. The summed E-state index contributed by atoms with van der Waals surface area (Å²) in [7, 11) is 0. The quantitative estimate of drug-likeness (QED) is 0.397. The Kier molecular flexibility index (Phi) is 6.17. The maximum atomic E-state index is 11.8. The van der Waals surface area contributed by atoms with Crippen LogP contribution in [0.4, 0.5) is 0 Å². The lowest BCUT2D eigenvalue weighted by molar-refractivity contribution is -0.130. The van der Waals surface area contributed by atoms with Gasteiger partial charge in [-0.15, -0.1) is 0 Å². The van der Waals surface area contributed by atoms with Gasteiger partial charge in [-0.05, 0) is 35.9 Å². The Balaban J connectivity index is 1.96. The van der Waals surface area contributed by atoms with Crippen molar-refractivity contribution in [3.05, 3.63) is 99.5 Å². The highest BCUT2D eigenvalue weighted by atomic mass is 35.5. The lowest BCUT2D eigenvalue weighted by atomic mass is 10.0. The molecule has 0 unspecified atom stereocenters. The zero-order valence-electron chi connectivity index (χ0n) is 14.2. The molecule has 3 rings (SSSR count). The van der Waals surface area contributed by atoms with Crippen molar-refractivity contribution >= 4 is 40.8 Å². The molecule has 0 aliphatic carbocycles. The first-order valence-electron chi connectivity index (χ1n) is 8.21. The summed E-state index contributed by atoms with van der Waals surface area (Å²) in [6.07, 6.45) is 1.56. The summed E-state index contributed by atoms with van der Waals surface area (Å²) in [4.78, 5) is 11.8. The summed E-state index contributed by atoms with van der Waals surface area (Å²) < 4.78 is 5.89. The van der Waals surface area contributed by atoms with Gasteiger partial charge in [-0.3, -0.25) is 0 Å². The average molecular weight is 399 g/mol. The van der Waals surface area contributed by atoms with Crippen LogP contribution in [0.5, 0.6) is 5.75 Å². The molecule has 27 heavy (non-hydrogen) atoms. The Morgan fingerprint density at radius 1 is 0.963 bits per heavy atom. The van der Waals surface area contributed by atoms with Gasteiger partial charge in [-0.1, -0.05) is 71.7 Å². The third-order valence-corrected chi connectivity index (χ3v) is 4.53. The second-order valence-corrected chi connectivity index (χ2v) is 6.64. The molecular weight excluding hydrogens is 383 g/mol. The predicted molar refractivity (Wildman–Crippen MR) is 109 cm³/mol. The fourth-order valence-corrected chi connectivity index (χ4v) is 2.95. The van der Waals surface area contributed by atoms with Gasteiger partial charge in [-0.2, -0.15) is 0 Å². The third kappa shape index (κ3) is 4.91. The largest absolute Gasteiger partial charge is 0.488 e. The fourth-order valence-electron chi connectivity index (χ4n) is 2.58. The summed E-state index contributed by atoms with van der Waals surface area (Å²) in [6.45, 7) is 0.260. The van der Waals surface area contributed by atoms with E-state index in [4.69, 9.17) is 27.9 Å². The van der Waals surface area contributed by atoms with Crippen LogP contribution in [-0.2, 0) is 11.4 Å². The highest BCUT2D eigenvalue weighted by Gasteiger charge is 2.13. The molecule has 3 aromatic carbocycles. The van der Waals surface area contributed by atoms with Crippen molar-refractivity contribution in [2.24, 2.45) is 0 Å². The molecular formula is C22H16Cl2O3. The molecule has 3 nitrogen and oxygen atoms in total. The molecule has 0 saturated heterocycles. The number of benzene rings is 3. The van der Waals surface area contributed by atoms with Crippen LogP contribution in [-0.4, -0.2) is 11.1 Å². The van der Waals surface area contributed by atoms with Gasteiger partial charge in [0.05, 0.1) is 5.57 Å². The van der Waals surface area contributed by atoms with E-state index in [0.29, 0.717) is 26.9 Å². The highest BCUT2D eigenvalue weighted by molar-refractivity contribution is 6.31. The van der Waals surface area contributed by atoms with E-state index < -0.39 is 5.97 Å². The molecule has 0 heterocycles. The van der Waals surface area contributed by atoms with Gasteiger partial charge in [0, 0.05) is 21.2 Å². The van der Waals surface area contributed by atoms with Gasteiger partial charge in [0.2, 0.25) is 0 Å². The third-order valence-electron chi connectivity index (χ3n) is 3.93. The van der Waals surface area contributed by atoms with Crippen molar-refractivity contribution in [1.82, 2.24) is 0 Å². The lowest BCUT2D eigenvalue weighted by Crippen LogP contribution is -2.01. The van der Waals surface area contributed by atoms with Crippen LogP contribution < -0.4 is 4.74 Å². The van der Waals surface area contributed by atoms with Crippen molar-refractivity contribution in [2.45, 2.75) is 6.61 Å². The number of hydrogen-bond donors (Lipinski definition) is 1. The number of carboxylic acids is 1. The average Bonchev–Trinajstić information content (AvgIpc) is 2.67. The molecule has 136 valence electrons. The predicted octanol–water partition coefficient (Wildman–Crippen LogP) is 6.20. The molecule has 0 aliphatic heterocycles. The van der Waals surface area contributed by atoms with Crippen molar-refractivity contribution < 1.29 is 14.6 Å². The van der Waals surface area contributed by atoms with Crippen LogP contribution in [0, 0.1) is 0 Å². The first-order chi connectivity index (χ1) is 13.0. The second kappa shape index (κ2) is 8.76. The van der Waals surface area contributed by atoms with Crippen LogP contribution in [0.3, 0.4) is 0 Å². The molecule has 1 N–H and O–H groups in total. The van der Waals surface area contributed by atoms with Gasteiger partial charge in [0.15, 0.2) is 0 Å². The van der Waals surface area contributed by atoms with Gasteiger partial charge >= 0.3 is 5.97 Å². The van der Waals surface area contributed by atoms with E-state index in [1.54, 1.807) is 54.6 Å². The van der Waals surface area contributed by atoms with E-state index in [-0.39, 0.29) is 12.2 Å². The molecule has 0 fully saturated rings. The minimum atomic E-state index is -1.03. The van der Waals surface area contributed by atoms with Crippen molar-refractivity contribution in [3.63, 3.8) is 0 Å². The molecule has 0 radical (unpaired) electrons. The van der Waals surface area contributed by atoms with Gasteiger partial charge in [-0.25, -0.2) is 4.79 Å². The van der Waals surface area contributed by atoms with Crippen molar-refractivity contribution in [2.75, 3.05) is 0 Å². The Morgan fingerprint density at radius 2 is 1.67 bits per heavy atom. The topological polar surface area (TPSA) is 46.5 Å². The van der Waals surface area contributed by atoms with Crippen LogP contribution in [0.15, 0.2) is 72.8 Å². The molecule has 0 atom stereocenters. The molecule has 0 aromatic heterocycles. The lowest BCUT2D eigenvalue weighted by Gasteiger charge is -2.12. The van der Waals surface area contributed by atoms with E-state index in [9.17, 15) is 9.90 Å². The summed E-state index contributed by atoms with van der Waals surface area (Å²) in [5.41, 5.74) is 2.17. The molecule has 0 spiro atoms. The van der Waals surface area contributed by atoms with Gasteiger partial charge in [0.1, 0.15) is 12.4 Å². The molecule has 0 aliphatic rings. The molecule has 5 heteroatoms. The molecule has 0 saturated carbocycles. The van der Waals surface area contributed by atoms with Gasteiger partial charge < -0.3 is 9.84 Å². The number of rotatable bonds is 6. The van der Waals surface area contributed by atoms with Crippen molar-refractivity contribution in [1.29, 1.82) is 0 Å². The SMILES string of the molecule is O=C(O)/C(=C\c1cc(Cl)ccc1OCc1ccccc1Cl)c1ccccc1. The number of ether oxygens (including phenoxy) is 1. The van der Waals surface area contributed by atoms with Crippen molar-refractivity contribution in [3.8, 4) is 5.75 Å². The second-order valence-electron chi connectivity index (χ2n) is 5.79. The van der Waals surface area contributed by atoms with Crippen LogP contribution in [0.2, 0.25) is 10.0 Å². The minimum Gasteiger partial charge on any atom is -0.488 e. The zero-order chi connectivity index (χ0) is 19.2. The van der Waals surface area contributed by atoms with E-state index in [2.05, 4.69) is 0 Å². The van der Waals surface area contributed by atoms with Crippen LogP contribution >= 0.6 is 23.2 Å². The number of halogens is 2. The summed E-state index contributed by atoms with van der Waals surface area (Å²) in [6, 6.07) is 21.4. The smallest absolute Gasteiger partial charge is 0.336 e.